The fraction of sp³-hybridized carbons (Fsp3) is 0.200. The van der Waals surface area contributed by atoms with Gasteiger partial charge in [-0.05, 0) is 30.3 Å². The second-order valence-electron chi connectivity index (χ2n) is 4.64. The van der Waals surface area contributed by atoms with E-state index in [9.17, 15) is 0 Å². The van der Waals surface area contributed by atoms with E-state index in [1.807, 2.05) is 44.4 Å². The van der Waals surface area contributed by atoms with Crippen LogP contribution in [0.25, 0.3) is 0 Å². The van der Waals surface area contributed by atoms with E-state index in [0.29, 0.717) is 6.79 Å². The van der Waals surface area contributed by atoms with Crippen molar-refractivity contribution < 1.29 is 9.47 Å². The van der Waals surface area contributed by atoms with Crippen molar-refractivity contribution in [3.63, 3.8) is 0 Å². The highest BCUT2D eigenvalue weighted by Gasteiger charge is 2.13. The van der Waals surface area contributed by atoms with E-state index in [4.69, 9.17) is 9.47 Å². The van der Waals surface area contributed by atoms with Gasteiger partial charge in [0.25, 0.3) is 0 Å². The first-order chi connectivity index (χ1) is 9.22. The molecule has 2 aromatic carbocycles. The van der Waals surface area contributed by atoms with Crippen molar-refractivity contribution in [1.29, 1.82) is 0 Å². The van der Waals surface area contributed by atoms with Crippen LogP contribution in [0.15, 0.2) is 42.5 Å². The van der Waals surface area contributed by atoms with Crippen molar-refractivity contribution in [3.05, 3.63) is 42.5 Å². The zero-order valence-corrected chi connectivity index (χ0v) is 11.0. The molecular formula is C15H16N2O2. The molecule has 4 nitrogen and oxygen atoms in total. The highest BCUT2D eigenvalue weighted by atomic mass is 16.7. The summed E-state index contributed by atoms with van der Waals surface area (Å²) in [7, 11) is 4.05. The Hall–Kier alpha value is -2.36. The Labute approximate surface area is 112 Å². The molecule has 0 bridgehead atoms. The molecule has 0 amide bonds. The van der Waals surface area contributed by atoms with E-state index >= 15 is 0 Å². The second kappa shape index (κ2) is 4.72. The van der Waals surface area contributed by atoms with Crippen LogP contribution >= 0.6 is 0 Å². The third-order valence-corrected chi connectivity index (χ3v) is 3.02. The second-order valence-corrected chi connectivity index (χ2v) is 4.64. The molecule has 2 aromatic rings. The van der Waals surface area contributed by atoms with Crippen LogP contribution in [0.5, 0.6) is 11.5 Å². The third-order valence-electron chi connectivity index (χ3n) is 3.02. The maximum Gasteiger partial charge on any atom is 0.231 e. The minimum atomic E-state index is 0.300. The van der Waals surface area contributed by atoms with E-state index in [-0.39, 0.29) is 0 Å². The van der Waals surface area contributed by atoms with E-state index in [2.05, 4.69) is 22.3 Å². The molecule has 0 radical (unpaired) electrons. The van der Waals surface area contributed by atoms with Gasteiger partial charge in [0, 0.05) is 37.2 Å². The predicted molar refractivity (Wildman–Crippen MR) is 76.6 cm³/mol. The summed E-state index contributed by atoms with van der Waals surface area (Å²) in [4.78, 5) is 2.07. The number of nitrogens with zero attached hydrogens (tertiary/aromatic N) is 1. The molecule has 0 aromatic heterocycles. The summed E-state index contributed by atoms with van der Waals surface area (Å²) >= 11 is 0. The lowest BCUT2D eigenvalue weighted by molar-refractivity contribution is 0.174. The molecule has 0 saturated heterocycles. The van der Waals surface area contributed by atoms with Crippen molar-refractivity contribution in [2.45, 2.75) is 0 Å². The van der Waals surface area contributed by atoms with Gasteiger partial charge in [-0.2, -0.15) is 0 Å². The molecule has 1 heterocycles. The van der Waals surface area contributed by atoms with Gasteiger partial charge in [0.2, 0.25) is 6.79 Å². The van der Waals surface area contributed by atoms with Gasteiger partial charge in [0.15, 0.2) is 11.5 Å². The summed E-state index contributed by atoms with van der Waals surface area (Å²) in [6.45, 7) is 0.300. The molecule has 1 N–H and O–H groups in total. The lowest BCUT2D eigenvalue weighted by Gasteiger charge is -2.14. The van der Waals surface area contributed by atoms with Crippen LogP contribution in [-0.2, 0) is 0 Å². The van der Waals surface area contributed by atoms with Gasteiger partial charge in [-0.15, -0.1) is 0 Å². The molecule has 1 aliphatic rings. The van der Waals surface area contributed by atoms with E-state index in [1.165, 1.54) is 0 Å². The van der Waals surface area contributed by atoms with Crippen LogP contribution in [0.1, 0.15) is 0 Å². The molecule has 19 heavy (non-hydrogen) atoms. The molecule has 0 spiro atoms. The fourth-order valence-electron chi connectivity index (χ4n) is 2.00. The first-order valence-corrected chi connectivity index (χ1v) is 6.16. The third kappa shape index (κ3) is 2.42. The van der Waals surface area contributed by atoms with Gasteiger partial charge < -0.3 is 19.7 Å². The maximum atomic E-state index is 5.37. The van der Waals surface area contributed by atoms with E-state index in [0.717, 1.165) is 28.6 Å². The van der Waals surface area contributed by atoms with Crippen molar-refractivity contribution in [3.8, 4) is 11.5 Å². The zero-order valence-electron chi connectivity index (χ0n) is 11.0. The number of fused-ring (bicyclic) bond motifs is 1. The quantitative estimate of drug-likeness (QED) is 0.914. The fourth-order valence-corrected chi connectivity index (χ4v) is 2.00. The number of benzene rings is 2. The summed E-state index contributed by atoms with van der Waals surface area (Å²) in [5.41, 5.74) is 3.19. The van der Waals surface area contributed by atoms with E-state index < -0.39 is 0 Å². The molecule has 0 aliphatic carbocycles. The average molecular weight is 256 g/mol. The van der Waals surface area contributed by atoms with Crippen LogP contribution in [0.3, 0.4) is 0 Å². The molecule has 1 aliphatic heterocycles. The Morgan fingerprint density at radius 3 is 2.58 bits per heavy atom. The van der Waals surface area contributed by atoms with Crippen LogP contribution in [0, 0.1) is 0 Å². The Bertz CT molecular complexity index is 596. The number of nitrogens with one attached hydrogen (secondary N) is 1. The van der Waals surface area contributed by atoms with Gasteiger partial charge in [0.05, 0.1) is 0 Å². The normalized spacial score (nSPS) is 12.3. The molecule has 0 atom stereocenters. The Kier molecular flexibility index (Phi) is 2.91. The van der Waals surface area contributed by atoms with Gasteiger partial charge in [-0.1, -0.05) is 6.07 Å². The zero-order chi connectivity index (χ0) is 13.2. The maximum absolute atomic E-state index is 5.37. The molecule has 98 valence electrons. The topological polar surface area (TPSA) is 33.7 Å². The highest BCUT2D eigenvalue weighted by molar-refractivity contribution is 5.67. The molecular weight excluding hydrogens is 240 g/mol. The summed E-state index contributed by atoms with van der Waals surface area (Å²) in [6.07, 6.45) is 0. The number of anilines is 3. The summed E-state index contributed by atoms with van der Waals surface area (Å²) < 4.78 is 10.7. The van der Waals surface area contributed by atoms with Gasteiger partial charge in [-0.25, -0.2) is 0 Å². The molecule has 0 saturated carbocycles. The Morgan fingerprint density at radius 2 is 1.74 bits per heavy atom. The Balaban J connectivity index is 1.83. The van der Waals surface area contributed by atoms with Crippen LogP contribution < -0.4 is 19.7 Å². The first kappa shape index (κ1) is 11.7. The summed E-state index contributed by atoms with van der Waals surface area (Å²) in [6, 6.07) is 14.1. The molecule has 4 heteroatoms. The van der Waals surface area contributed by atoms with Gasteiger partial charge >= 0.3 is 0 Å². The summed E-state index contributed by atoms with van der Waals surface area (Å²) in [5, 5.41) is 3.37. The van der Waals surface area contributed by atoms with Crippen molar-refractivity contribution >= 4 is 17.1 Å². The minimum absolute atomic E-state index is 0.300. The number of rotatable bonds is 3. The van der Waals surface area contributed by atoms with Gasteiger partial charge in [0.1, 0.15) is 0 Å². The summed E-state index contributed by atoms with van der Waals surface area (Å²) in [5.74, 6) is 1.58. The number of hydrogen-bond acceptors (Lipinski definition) is 4. The lowest BCUT2D eigenvalue weighted by Crippen LogP contribution is -2.08. The van der Waals surface area contributed by atoms with Crippen LogP contribution in [0.4, 0.5) is 17.1 Å². The van der Waals surface area contributed by atoms with Crippen molar-refractivity contribution in [2.24, 2.45) is 0 Å². The van der Waals surface area contributed by atoms with E-state index in [1.54, 1.807) is 0 Å². The predicted octanol–water partition coefficient (Wildman–Crippen LogP) is 3.22. The Morgan fingerprint density at radius 1 is 0.947 bits per heavy atom. The standard InChI is InChI=1S/C15H16N2O2/c1-17(2)13-5-3-4-11(8-13)16-12-6-7-14-15(9-12)19-10-18-14/h3-9,16H,10H2,1-2H3. The largest absolute Gasteiger partial charge is 0.454 e. The molecule has 0 fully saturated rings. The number of hydrogen-bond donors (Lipinski definition) is 1. The first-order valence-electron chi connectivity index (χ1n) is 6.16. The smallest absolute Gasteiger partial charge is 0.231 e. The minimum Gasteiger partial charge on any atom is -0.454 e. The monoisotopic (exact) mass is 256 g/mol. The SMILES string of the molecule is CN(C)c1cccc(Nc2ccc3c(c2)OCO3)c1. The van der Waals surface area contributed by atoms with Gasteiger partial charge in [-0.3, -0.25) is 0 Å². The molecule has 3 rings (SSSR count). The van der Waals surface area contributed by atoms with Crippen molar-refractivity contribution in [2.75, 3.05) is 31.1 Å². The molecule has 0 unspecified atom stereocenters. The number of ether oxygens (including phenoxy) is 2. The van der Waals surface area contributed by atoms with Crippen molar-refractivity contribution in [1.82, 2.24) is 0 Å². The van der Waals surface area contributed by atoms with Crippen LogP contribution in [-0.4, -0.2) is 20.9 Å². The average Bonchev–Trinajstić information content (AvgIpc) is 2.86. The lowest BCUT2D eigenvalue weighted by atomic mass is 10.2. The van der Waals surface area contributed by atoms with Crippen LogP contribution in [0.2, 0.25) is 0 Å². The highest BCUT2D eigenvalue weighted by Crippen LogP contribution is 2.35.